The number of carbonyl (C=O) groups excluding carboxylic acids is 1. The Hall–Kier alpha value is -0.860. The summed E-state index contributed by atoms with van der Waals surface area (Å²) in [4.78, 5) is 11.8. The number of halogens is 1. The average molecular weight is 210 g/mol. The number of rotatable bonds is 0. The first-order valence-corrected chi connectivity index (χ1v) is 5.14. The molecule has 0 bridgehead atoms. The van der Waals surface area contributed by atoms with Crippen LogP contribution < -0.4 is 5.73 Å². The van der Waals surface area contributed by atoms with Crippen molar-refractivity contribution in [2.75, 3.05) is 0 Å². The molecule has 2 rings (SSSR count). The number of fused-ring (bicyclic) bond motifs is 1. The van der Waals surface area contributed by atoms with Crippen LogP contribution in [0.1, 0.15) is 28.8 Å². The predicted octanol–water partition coefficient (Wildman–Crippen LogP) is 2.19. The number of ketones is 1. The van der Waals surface area contributed by atoms with E-state index in [1.165, 1.54) is 0 Å². The van der Waals surface area contributed by atoms with E-state index in [4.69, 9.17) is 17.3 Å². The largest absolute Gasteiger partial charge is 0.321 e. The third kappa shape index (κ3) is 1.68. The molecule has 14 heavy (non-hydrogen) atoms. The van der Waals surface area contributed by atoms with E-state index in [-0.39, 0.29) is 11.8 Å². The lowest BCUT2D eigenvalue weighted by Gasteiger charge is -2.07. The molecule has 1 unspecified atom stereocenters. The molecule has 1 aromatic carbocycles. The van der Waals surface area contributed by atoms with Crippen LogP contribution in [0.3, 0.4) is 0 Å². The minimum absolute atomic E-state index is 0.0502. The molecule has 1 atom stereocenters. The minimum Gasteiger partial charge on any atom is -0.321 e. The van der Waals surface area contributed by atoms with Gasteiger partial charge in [-0.05, 0) is 43.0 Å². The molecule has 74 valence electrons. The number of carbonyl (C=O) groups is 1. The smallest absolute Gasteiger partial charge is 0.179 e. The highest BCUT2D eigenvalue weighted by molar-refractivity contribution is 6.30. The summed E-state index contributed by atoms with van der Waals surface area (Å²) in [5, 5.41) is 0.687. The van der Waals surface area contributed by atoms with Crippen LogP contribution >= 0.6 is 11.6 Å². The van der Waals surface area contributed by atoms with Gasteiger partial charge in [0.1, 0.15) is 0 Å². The highest BCUT2D eigenvalue weighted by Gasteiger charge is 2.21. The second kappa shape index (κ2) is 3.71. The lowest BCUT2D eigenvalue weighted by atomic mass is 10.0. The van der Waals surface area contributed by atoms with Gasteiger partial charge in [0.15, 0.2) is 5.78 Å². The number of Topliss-reactive ketones (excluding diaryl/α,β-unsaturated/α-hetero) is 1. The average Bonchev–Trinajstić information content (AvgIpc) is 2.28. The molecule has 0 radical (unpaired) electrons. The summed E-state index contributed by atoms with van der Waals surface area (Å²) in [7, 11) is 0. The third-order valence-corrected chi connectivity index (χ3v) is 2.87. The van der Waals surface area contributed by atoms with Crippen molar-refractivity contribution in [1.29, 1.82) is 0 Å². The van der Waals surface area contributed by atoms with Crippen molar-refractivity contribution in [2.45, 2.75) is 25.3 Å². The molecule has 2 N–H and O–H groups in total. The van der Waals surface area contributed by atoms with E-state index in [1.54, 1.807) is 12.1 Å². The van der Waals surface area contributed by atoms with Crippen molar-refractivity contribution < 1.29 is 4.79 Å². The second-order valence-electron chi connectivity index (χ2n) is 3.66. The van der Waals surface area contributed by atoms with Gasteiger partial charge in [0.25, 0.3) is 0 Å². The lowest BCUT2D eigenvalue weighted by Crippen LogP contribution is -2.29. The van der Waals surface area contributed by atoms with Crippen molar-refractivity contribution in [3.8, 4) is 0 Å². The first kappa shape index (κ1) is 9.69. The van der Waals surface area contributed by atoms with Gasteiger partial charge < -0.3 is 5.73 Å². The Balaban J connectivity index is 2.48. The van der Waals surface area contributed by atoms with Crippen molar-refractivity contribution in [2.24, 2.45) is 5.73 Å². The number of hydrogen-bond donors (Lipinski definition) is 1. The molecular weight excluding hydrogens is 198 g/mol. The molecule has 0 saturated heterocycles. The van der Waals surface area contributed by atoms with Gasteiger partial charge in [-0.15, -0.1) is 0 Å². The fourth-order valence-electron chi connectivity index (χ4n) is 1.85. The second-order valence-corrected chi connectivity index (χ2v) is 4.10. The van der Waals surface area contributed by atoms with Crippen LogP contribution in [0.4, 0.5) is 0 Å². The van der Waals surface area contributed by atoms with Crippen LogP contribution in [-0.4, -0.2) is 11.8 Å². The molecule has 1 aliphatic rings. The summed E-state index contributed by atoms with van der Waals surface area (Å²) >= 11 is 5.87. The molecule has 0 fully saturated rings. The summed E-state index contributed by atoms with van der Waals surface area (Å²) in [6.07, 6.45) is 2.63. The first-order chi connectivity index (χ1) is 6.68. The summed E-state index contributed by atoms with van der Waals surface area (Å²) in [5.74, 6) is 0.0502. The number of hydrogen-bond acceptors (Lipinski definition) is 2. The zero-order chi connectivity index (χ0) is 10.1. The lowest BCUT2D eigenvalue weighted by molar-refractivity contribution is 0.0959. The maximum Gasteiger partial charge on any atom is 0.179 e. The molecule has 0 saturated carbocycles. The molecule has 0 aromatic heterocycles. The van der Waals surface area contributed by atoms with Gasteiger partial charge >= 0.3 is 0 Å². The van der Waals surface area contributed by atoms with Gasteiger partial charge in [-0.3, -0.25) is 4.79 Å². The van der Waals surface area contributed by atoms with Gasteiger partial charge in [-0.2, -0.15) is 0 Å². The molecule has 0 aliphatic heterocycles. The SMILES string of the molecule is NC1CCCc2cc(Cl)ccc2C1=O. The third-order valence-electron chi connectivity index (χ3n) is 2.63. The molecule has 2 nitrogen and oxygen atoms in total. The highest BCUT2D eigenvalue weighted by Crippen LogP contribution is 2.23. The van der Waals surface area contributed by atoms with Gasteiger partial charge in [0.2, 0.25) is 0 Å². The van der Waals surface area contributed by atoms with Crippen LogP contribution in [0.2, 0.25) is 5.02 Å². The van der Waals surface area contributed by atoms with E-state index in [9.17, 15) is 4.79 Å². The molecule has 0 amide bonds. The molecule has 1 aromatic rings. The Morgan fingerprint density at radius 2 is 2.21 bits per heavy atom. The minimum atomic E-state index is -0.336. The Kier molecular flexibility index (Phi) is 2.57. The van der Waals surface area contributed by atoms with Gasteiger partial charge in [-0.25, -0.2) is 0 Å². The van der Waals surface area contributed by atoms with Gasteiger partial charge in [-0.1, -0.05) is 11.6 Å². The summed E-state index contributed by atoms with van der Waals surface area (Å²) in [6, 6.07) is 5.06. The molecule has 3 heteroatoms. The van der Waals surface area contributed by atoms with Gasteiger partial charge in [0, 0.05) is 10.6 Å². The van der Waals surface area contributed by atoms with E-state index in [0.29, 0.717) is 5.02 Å². The number of benzene rings is 1. The van der Waals surface area contributed by atoms with Crippen molar-refractivity contribution in [3.63, 3.8) is 0 Å². The zero-order valence-corrected chi connectivity index (χ0v) is 8.55. The van der Waals surface area contributed by atoms with Gasteiger partial charge in [0.05, 0.1) is 6.04 Å². The molecular formula is C11H12ClNO. The Morgan fingerprint density at radius 1 is 1.43 bits per heavy atom. The Morgan fingerprint density at radius 3 is 3.00 bits per heavy atom. The van der Waals surface area contributed by atoms with Crippen molar-refractivity contribution in [3.05, 3.63) is 34.3 Å². The monoisotopic (exact) mass is 209 g/mol. The fourth-order valence-corrected chi connectivity index (χ4v) is 2.05. The van der Waals surface area contributed by atoms with Crippen LogP contribution in [0.5, 0.6) is 0 Å². The normalized spacial score (nSPS) is 21.6. The predicted molar refractivity (Wildman–Crippen MR) is 56.7 cm³/mol. The van der Waals surface area contributed by atoms with Crippen molar-refractivity contribution in [1.82, 2.24) is 0 Å². The summed E-state index contributed by atoms with van der Waals surface area (Å²) in [5.41, 5.74) is 7.54. The maximum atomic E-state index is 11.8. The maximum absolute atomic E-state index is 11.8. The van der Waals surface area contributed by atoms with E-state index < -0.39 is 0 Å². The van der Waals surface area contributed by atoms with Crippen LogP contribution in [-0.2, 0) is 6.42 Å². The Bertz CT molecular complexity index is 376. The number of aryl methyl sites for hydroxylation is 1. The fraction of sp³-hybridized carbons (Fsp3) is 0.364. The first-order valence-electron chi connectivity index (χ1n) is 4.76. The topological polar surface area (TPSA) is 43.1 Å². The molecule has 0 heterocycles. The van der Waals surface area contributed by atoms with Crippen LogP contribution in [0.25, 0.3) is 0 Å². The molecule has 1 aliphatic carbocycles. The summed E-state index contributed by atoms with van der Waals surface area (Å²) < 4.78 is 0. The quantitative estimate of drug-likeness (QED) is 0.666. The Labute approximate surface area is 88.1 Å². The number of nitrogens with two attached hydrogens (primary N) is 1. The summed E-state index contributed by atoms with van der Waals surface area (Å²) in [6.45, 7) is 0. The van der Waals surface area contributed by atoms with Crippen LogP contribution in [0, 0.1) is 0 Å². The van der Waals surface area contributed by atoms with E-state index in [2.05, 4.69) is 0 Å². The van der Waals surface area contributed by atoms with E-state index in [1.807, 2.05) is 6.07 Å². The van der Waals surface area contributed by atoms with E-state index >= 15 is 0 Å². The zero-order valence-electron chi connectivity index (χ0n) is 7.79. The molecule has 0 spiro atoms. The highest BCUT2D eigenvalue weighted by atomic mass is 35.5. The van der Waals surface area contributed by atoms with Crippen LogP contribution in [0.15, 0.2) is 18.2 Å². The van der Waals surface area contributed by atoms with Crippen molar-refractivity contribution >= 4 is 17.4 Å². The standard InChI is InChI=1S/C11H12ClNO/c12-8-4-5-9-7(6-8)2-1-3-10(13)11(9)14/h4-6,10H,1-3,13H2. The van der Waals surface area contributed by atoms with E-state index in [0.717, 1.165) is 30.4 Å².